The number of halogens is 1. The molecule has 0 radical (unpaired) electrons. The Morgan fingerprint density at radius 1 is 0.947 bits per heavy atom. The Morgan fingerprint density at radius 2 is 1.53 bits per heavy atom. The molecule has 98 valence electrons. The Kier molecular flexibility index (Phi) is 3.85. The summed E-state index contributed by atoms with van der Waals surface area (Å²) in [5.74, 6) is -0.984. The molecule has 0 spiro atoms. The van der Waals surface area contributed by atoms with Gasteiger partial charge in [-0.05, 0) is 23.6 Å². The smallest absolute Gasteiger partial charge is 0.338 e. The van der Waals surface area contributed by atoms with Crippen molar-refractivity contribution in [3.8, 4) is 0 Å². The quantitative estimate of drug-likeness (QED) is 0.797. The molecule has 0 saturated carbocycles. The van der Waals surface area contributed by atoms with Gasteiger partial charge in [0.1, 0.15) is 0 Å². The van der Waals surface area contributed by atoms with Crippen molar-refractivity contribution in [1.29, 1.82) is 0 Å². The van der Waals surface area contributed by atoms with E-state index in [-0.39, 0.29) is 0 Å². The number of hydrogen-bond donors (Lipinski definition) is 0. The van der Waals surface area contributed by atoms with Crippen molar-refractivity contribution in [3.63, 3.8) is 0 Å². The molecular weight excluding hydrogens is 312 g/mol. The van der Waals surface area contributed by atoms with Gasteiger partial charge in [-0.2, -0.15) is 0 Å². The van der Waals surface area contributed by atoms with E-state index in [0.717, 1.165) is 9.86 Å². The van der Waals surface area contributed by atoms with Gasteiger partial charge in [-0.25, -0.2) is 9.59 Å². The van der Waals surface area contributed by atoms with Gasteiger partial charge in [0.25, 0.3) is 0 Å². The minimum absolute atomic E-state index is 0.335. The fraction of sp³-hybridized carbons (Fsp3) is 0.143. The van der Waals surface area contributed by atoms with E-state index in [1.165, 1.54) is 14.2 Å². The summed E-state index contributed by atoms with van der Waals surface area (Å²) in [4.78, 5) is 23.6. The van der Waals surface area contributed by atoms with Gasteiger partial charge in [0.15, 0.2) is 0 Å². The first-order valence-electron chi connectivity index (χ1n) is 5.48. The molecule has 0 heterocycles. The van der Waals surface area contributed by atoms with Crippen LogP contribution >= 0.6 is 15.9 Å². The second-order valence-electron chi connectivity index (χ2n) is 3.81. The zero-order valence-electron chi connectivity index (χ0n) is 10.4. The molecule has 0 aliphatic carbocycles. The highest BCUT2D eigenvalue weighted by atomic mass is 79.9. The van der Waals surface area contributed by atoms with Gasteiger partial charge in [0.2, 0.25) is 0 Å². The second-order valence-corrected chi connectivity index (χ2v) is 4.66. The molecule has 4 nitrogen and oxygen atoms in total. The van der Waals surface area contributed by atoms with Crippen LogP contribution in [0.15, 0.2) is 34.8 Å². The topological polar surface area (TPSA) is 52.6 Å². The molecule has 0 N–H and O–H groups in total. The number of methoxy groups -OCH3 is 2. The van der Waals surface area contributed by atoms with E-state index in [1.807, 2.05) is 6.07 Å². The lowest BCUT2D eigenvalue weighted by Gasteiger charge is -2.10. The predicted molar refractivity (Wildman–Crippen MR) is 74.3 cm³/mol. The Balaban J connectivity index is 2.87. The van der Waals surface area contributed by atoms with E-state index in [2.05, 4.69) is 15.9 Å². The van der Waals surface area contributed by atoms with Gasteiger partial charge < -0.3 is 9.47 Å². The number of carbonyl (C=O) groups excluding carboxylic acids is 2. The van der Waals surface area contributed by atoms with Crippen molar-refractivity contribution in [2.45, 2.75) is 0 Å². The lowest BCUT2D eigenvalue weighted by Crippen LogP contribution is -2.08. The van der Waals surface area contributed by atoms with Crippen molar-refractivity contribution >= 4 is 38.6 Å². The molecule has 0 aromatic heterocycles. The minimum atomic E-state index is -0.492. The molecule has 0 bridgehead atoms. The summed E-state index contributed by atoms with van der Waals surface area (Å²) >= 11 is 3.40. The third-order valence-corrected chi connectivity index (χ3v) is 3.49. The van der Waals surface area contributed by atoms with Gasteiger partial charge in [-0.1, -0.05) is 28.1 Å². The van der Waals surface area contributed by atoms with Crippen LogP contribution < -0.4 is 0 Å². The summed E-state index contributed by atoms with van der Waals surface area (Å²) in [6, 6.07) is 8.53. The van der Waals surface area contributed by atoms with Gasteiger partial charge in [-0.15, -0.1) is 0 Å². The Morgan fingerprint density at radius 3 is 2.11 bits per heavy atom. The van der Waals surface area contributed by atoms with Crippen LogP contribution in [-0.4, -0.2) is 26.2 Å². The minimum Gasteiger partial charge on any atom is -0.465 e. The molecule has 2 aromatic rings. The Bertz CT molecular complexity index is 642. The highest BCUT2D eigenvalue weighted by Crippen LogP contribution is 2.30. The SMILES string of the molecule is COC(=O)c1cccc2c(Br)ccc(C(=O)OC)c12. The van der Waals surface area contributed by atoms with E-state index in [0.29, 0.717) is 16.5 Å². The molecular formula is C14H11BrO4. The number of fused-ring (bicyclic) bond motifs is 1. The zero-order valence-corrected chi connectivity index (χ0v) is 12.0. The largest absolute Gasteiger partial charge is 0.465 e. The average Bonchev–Trinajstić information content (AvgIpc) is 2.45. The van der Waals surface area contributed by atoms with Crippen molar-refractivity contribution in [3.05, 3.63) is 45.9 Å². The molecule has 0 atom stereocenters. The first-order valence-corrected chi connectivity index (χ1v) is 6.27. The Labute approximate surface area is 118 Å². The van der Waals surface area contributed by atoms with Crippen LogP contribution in [0.3, 0.4) is 0 Å². The summed E-state index contributed by atoms with van der Waals surface area (Å²) in [5.41, 5.74) is 0.670. The van der Waals surface area contributed by atoms with Crippen molar-refractivity contribution < 1.29 is 19.1 Å². The van der Waals surface area contributed by atoms with Gasteiger partial charge >= 0.3 is 11.9 Å². The lowest BCUT2D eigenvalue weighted by atomic mass is 9.99. The maximum Gasteiger partial charge on any atom is 0.338 e. The molecule has 0 saturated heterocycles. The van der Waals surface area contributed by atoms with Gasteiger partial charge in [0, 0.05) is 9.86 Å². The molecule has 0 fully saturated rings. The number of hydrogen-bond acceptors (Lipinski definition) is 4. The Hall–Kier alpha value is -1.88. The molecule has 2 aromatic carbocycles. The number of esters is 2. The summed E-state index contributed by atoms with van der Waals surface area (Å²) < 4.78 is 10.3. The van der Waals surface area contributed by atoms with Crippen LogP contribution in [0.25, 0.3) is 10.8 Å². The van der Waals surface area contributed by atoms with Crippen LogP contribution in [0.1, 0.15) is 20.7 Å². The van der Waals surface area contributed by atoms with Crippen LogP contribution in [0, 0.1) is 0 Å². The first kappa shape index (κ1) is 13.5. The van der Waals surface area contributed by atoms with E-state index < -0.39 is 11.9 Å². The maximum absolute atomic E-state index is 11.8. The standard InChI is InChI=1S/C14H11BrO4/c1-18-13(16)9-5-3-4-8-11(15)7-6-10(12(8)9)14(17)19-2/h3-7H,1-2H3. The molecule has 2 rings (SSSR count). The summed E-state index contributed by atoms with van der Waals surface area (Å²) in [7, 11) is 2.61. The summed E-state index contributed by atoms with van der Waals surface area (Å²) in [5, 5.41) is 1.28. The van der Waals surface area contributed by atoms with E-state index in [9.17, 15) is 9.59 Å². The van der Waals surface area contributed by atoms with Crippen LogP contribution in [-0.2, 0) is 9.47 Å². The second kappa shape index (κ2) is 5.40. The monoisotopic (exact) mass is 322 g/mol. The average molecular weight is 323 g/mol. The fourth-order valence-corrected chi connectivity index (χ4v) is 2.39. The maximum atomic E-state index is 11.8. The lowest BCUT2D eigenvalue weighted by molar-refractivity contribution is 0.0601. The highest BCUT2D eigenvalue weighted by molar-refractivity contribution is 9.10. The number of benzene rings is 2. The number of ether oxygens (including phenoxy) is 2. The molecule has 0 aliphatic heterocycles. The van der Waals surface area contributed by atoms with E-state index in [4.69, 9.17) is 9.47 Å². The molecule has 19 heavy (non-hydrogen) atoms. The third-order valence-electron chi connectivity index (χ3n) is 2.80. The van der Waals surface area contributed by atoms with Crippen molar-refractivity contribution in [2.24, 2.45) is 0 Å². The third kappa shape index (κ3) is 2.33. The van der Waals surface area contributed by atoms with Crippen molar-refractivity contribution in [2.75, 3.05) is 14.2 Å². The van der Waals surface area contributed by atoms with Crippen LogP contribution in [0.5, 0.6) is 0 Å². The summed E-state index contributed by atoms with van der Waals surface area (Å²) in [6.07, 6.45) is 0. The highest BCUT2D eigenvalue weighted by Gasteiger charge is 2.19. The fourth-order valence-electron chi connectivity index (χ4n) is 1.93. The molecule has 0 unspecified atom stereocenters. The number of rotatable bonds is 2. The number of carbonyl (C=O) groups is 2. The summed E-state index contributed by atoms with van der Waals surface area (Å²) in [6.45, 7) is 0. The van der Waals surface area contributed by atoms with E-state index >= 15 is 0 Å². The van der Waals surface area contributed by atoms with Gasteiger partial charge in [-0.3, -0.25) is 0 Å². The van der Waals surface area contributed by atoms with E-state index in [1.54, 1.807) is 24.3 Å². The van der Waals surface area contributed by atoms with Crippen molar-refractivity contribution in [1.82, 2.24) is 0 Å². The van der Waals surface area contributed by atoms with Gasteiger partial charge in [0.05, 0.1) is 25.3 Å². The molecule has 5 heteroatoms. The normalized spacial score (nSPS) is 10.3. The first-order chi connectivity index (χ1) is 9.10. The zero-order chi connectivity index (χ0) is 14.0. The van der Waals surface area contributed by atoms with Crippen LogP contribution in [0.4, 0.5) is 0 Å². The van der Waals surface area contributed by atoms with Crippen LogP contribution in [0.2, 0.25) is 0 Å². The molecule has 0 aliphatic rings. The predicted octanol–water partition coefficient (Wildman–Crippen LogP) is 3.18. The molecule has 0 amide bonds.